The van der Waals surface area contributed by atoms with E-state index in [2.05, 4.69) is 31.0 Å². The molecule has 6 nitrogen and oxygen atoms in total. The monoisotopic (exact) mass is 499 g/mol. The van der Waals surface area contributed by atoms with E-state index < -0.39 is 9.84 Å². The van der Waals surface area contributed by atoms with Gasteiger partial charge >= 0.3 is 0 Å². The van der Waals surface area contributed by atoms with Crippen LogP contribution in [0.5, 0.6) is 0 Å². The lowest BCUT2D eigenvalue weighted by molar-refractivity contribution is -0.0773. The lowest BCUT2D eigenvalue weighted by Gasteiger charge is -2.37. The van der Waals surface area contributed by atoms with Gasteiger partial charge in [-0.15, -0.1) is 24.0 Å². The molecule has 1 unspecified atom stereocenters. The van der Waals surface area contributed by atoms with Crippen molar-refractivity contribution in [2.75, 3.05) is 31.1 Å². The summed E-state index contributed by atoms with van der Waals surface area (Å²) in [5, 5.41) is 3.55. The lowest BCUT2D eigenvalue weighted by atomic mass is 10.1. The van der Waals surface area contributed by atoms with Crippen LogP contribution in [0.3, 0.4) is 0 Å². The summed E-state index contributed by atoms with van der Waals surface area (Å²) in [5.41, 5.74) is -0.0933. The number of ether oxygens (including phenoxy) is 1. The average molecular weight is 499 g/mol. The summed E-state index contributed by atoms with van der Waals surface area (Å²) in [6.45, 7) is 8.83. The van der Waals surface area contributed by atoms with E-state index in [9.17, 15) is 8.42 Å². The fourth-order valence-electron chi connectivity index (χ4n) is 3.56. The molecule has 0 amide bonds. The van der Waals surface area contributed by atoms with Crippen molar-refractivity contribution < 1.29 is 13.2 Å². The largest absolute Gasteiger partial charge is 0.372 e. The van der Waals surface area contributed by atoms with Crippen LogP contribution in [0.15, 0.2) is 4.99 Å². The smallest absolute Gasteiger partial charge is 0.194 e. The second-order valence-electron chi connectivity index (χ2n) is 8.77. The highest BCUT2D eigenvalue weighted by Crippen LogP contribution is 2.23. The molecule has 3 aliphatic rings. The molecule has 1 aliphatic carbocycles. The van der Waals surface area contributed by atoms with Gasteiger partial charge in [0.25, 0.3) is 0 Å². The Morgan fingerprint density at radius 1 is 1.15 bits per heavy atom. The molecule has 0 aromatic carbocycles. The number of nitrogens with one attached hydrogen (secondary N) is 1. The van der Waals surface area contributed by atoms with E-state index in [0.29, 0.717) is 30.2 Å². The SMILES string of the molecule is CC(C)(C)OC1CCN(C(=NCC2CCS(=O)(=O)C2)NC2CC2)CC1.I. The van der Waals surface area contributed by atoms with E-state index in [1.54, 1.807) is 0 Å². The summed E-state index contributed by atoms with van der Waals surface area (Å²) in [6, 6.07) is 0.551. The Hall–Kier alpha value is -0.0900. The zero-order valence-corrected chi connectivity index (χ0v) is 19.4. The number of hydrogen-bond donors (Lipinski definition) is 1. The Morgan fingerprint density at radius 3 is 2.31 bits per heavy atom. The summed E-state index contributed by atoms with van der Waals surface area (Å²) >= 11 is 0. The summed E-state index contributed by atoms with van der Waals surface area (Å²) in [7, 11) is -2.82. The van der Waals surface area contributed by atoms with E-state index in [4.69, 9.17) is 9.73 Å². The Bertz CT molecular complexity index is 591. The van der Waals surface area contributed by atoms with Crippen LogP contribution in [-0.2, 0) is 14.6 Å². The second kappa shape index (κ2) is 8.94. The first-order valence-electron chi connectivity index (χ1n) is 9.64. The summed E-state index contributed by atoms with van der Waals surface area (Å²) in [6.07, 6.45) is 5.52. The van der Waals surface area contributed by atoms with Crippen LogP contribution in [0, 0.1) is 5.92 Å². The van der Waals surface area contributed by atoms with Crippen LogP contribution in [0.25, 0.3) is 0 Å². The molecular formula is C18H34IN3O3S. The number of likely N-dealkylation sites (tertiary alicyclic amines) is 1. The van der Waals surface area contributed by atoms with Crippen LogP contribution in [0.1, 0.15) is 52.9 Å². The van der Waals surface area contributed by atoms with Gasteiger partial charge in [0.1, 0.15) is 0 Å². The predicted molar refractivity (Wildman–Crippen MR) is 116 cm³/mol. The number of guanidine groups is 1. The van der Waals surface area contributed by atoms with Gasteiger partial charge in [-0.05, 0) is 58.8 Å². The van der Waals surface area contributed by atoms with Crippen molar-refractivity contribution in [2.45, 2.75) is 70.6 Å². The molecule has 0 aromatic rings. The molecule has 2 aliphatic heterocycles. The number of rotatable bonds is 4. The highest BCUT2D eigenvalue weighted by molar-refractivity contribution is 14.0. The van der Waals surface area contributed by atoms with E-state index >= 15 is 0 Å². The maximum Gasteiger partial charge on any atom is 0.194 e. The van der Waals surface area contributed by atoms with Crippen molar-refractivity contribution in [3.63, 3.8) is 0 Å². The standard InChI is InChI=1S/C18H33N3O3S.HI/c1-18(2,3)24-16-6-9-21(10-7-16)17(20-15-4-5-15)19-12-14-8-11-25(22,23)13-14;/h14-16H,4-13H2,1-3H3,(H,19,20);1H. The predicted octanol–water partition coefficient (Wildman–Crippen LogP) is 2.43. The molecular weight excluding hydrogens is 465 g/mol. The average Bonchev–Trinajstić information content (AvgIpc) is 3.25. The topological polar surface area (TPSA) is 71.0 Å². The molecule has 0 spiro atoms. The first kappa shape index (κ1) is 22.2. The molecule has 26 heavy (non-hydrogen) atoms. The quantitative estimate of drug-likeness (QED) is 0.366. The molecule has 152 valence electrons. The summed E-state index contributed by atoms with van der Waals surface area (Å²) < 4.78 is 29.4. The second-order valence-corrected chi connectivity index (χ2v) is 11.0. The number of piperidine rings is 1. The van der Waals surface area contributed by atoms with Gasteiger partial charge in [0.15, 0.2) is 15.8 Å². The molecule has 3 rings (SSSR count). The van der Waals surface area contributed by atoms with Gasteiger partial charge in [0, 0.05) is 25.7 Å². The van der Waals surface area contributed by atoms with Crippen molar-refractivity contribution in [3.8, 4) is 0 Å². The zero-order valence-electron chi connectivity index (χ0n) is 16.2. The Balaban J connectivity index is 0.00000243. The van der Waals surface area contributed by atoms with Crippen molar-refractivity contribution in [2.24, 2.45) is 10.9 Å². The number of sulfone groups is 1. The van der Waals surface area contributed by atoms with Gasteiger partial charge in [0.2, 0.25) is 0 Å². The molecule has 1 saturated carbocycles. The molecule has 2 saturated heterocycles. The van der Waals surface area contributed by atoms with Gasteiger partial charge in [-0.2, -0.15) is 0 Å². The fraction of sp³-hybridized carbons (Fsp3) is 0.944. The van der Waals surface area contributed by atoms with Crippen LogP contribution in [0.4, 0.5) is 0 Å². The van der Waals surface area contributed by atoms with Gasteiger partial charge in [-0.3, -0.25) is 4.99 Å². The molecule has 1 N–H and O–H groups in total. The van der Waals surface area contributed by atoms with Crippen molar-refractivity contribution >= 4 is 39.8 Å². The molecule has 0 aromatic heterocycles. The first-order chi connectivity index (χ1) is 11.7. The van der Waals surface area contributed by atoms with Crippen molar-refractivity contribution in [1.82, 2.24) is 10.2 Å². The normalized spacial score (nSPS) is 27.3. The van der Waals surface area contributed by atoms with Crippen molar-refractivity contribution in [3.05, 3.63) is 0 Å². The van der Waals surface area contributed by atoms with Crippen LogP contribution < -0.4 is 5.32 Å². The molecule has 1 atom stereocenters. The summed E-state index contributed by atoms with van der Waals surface area (Å²) in [5.74, 6) is 1.78. The molecule has 8 heteroatoms. The maximum absolute atomic E-state index is 11.6. The minimum atomic E-state index is -2.82. The van der Waals surface area contributed by atoms with Gasteiger partial charge in [-0.1, -0.05) is 0 Å². The third-order valence-corrected chi connectivity index (χ3v) is 6.84. The third-order valence-electron chi connectivity index (χ3n) is 5.00. The number of halogens is 1. The van der Waals surface area contributed by atoms with Gasteiger partial charge in [0.05, 0.1) is 23.2 Å². The Morgan fingerprint density at radius 2 is 1.81 bits per heavy atom. The van der Waals surface area contributed by atoms with E-state index in [1.165, 1.54) is 12.8 Å². The highest BCUT2D eigenvalue weighted by atomic mass is 127. The number of aliphatic imine (C=N–C) groups is 1. The fourth-order valence-corrected chi connectivity index (χ4v) is 5.41. The first-order valence-corrected chi connectivity index (χ1v) is 11.5. The van der Waals surface area contributed by atoms with Crippen LogP contribution in [-0.4, -0.2) is 68.2 Å². The van der Waals surface area contributed by atoms with E-state index in [-0.39, 0.29) is 35.5 Å². The lowest BCUT2D eigenvalue weighted by Crippen LogP contribution is -2.48. The minimum Gasteiger partial charge on any atom is -0.372 e. The molecule has 0 bridgehead atoms. The summed E-state index contributed by atoms with van der Waals surface area (Å²) in [4.78, 5) is 7.12. The number of hydrogen-bond acceptors (Lipinski definition) is 4. The zero-order chi connectivity index (χ0) is 18.1. The van der Waals surface area contributed by atoms with Gasteiger partial charge < -0.3 is 15.0 Å². The maximum atomic E-state index is 11.6. The Labute approximate surface area is 175 Å². The Kier molecular flexibility index (Phi) is 7.63. The van der Waals surface area contributed by atoms with Crippen molar-refractivity contribution in [1.29, 1.82) is 0 Å². The molecule has 0 radical (unpaired) electrons. The van der Waals surface area contributed by atoms with E-state index in [1.807, 2.05) is 0 Å². The van der Waals surface area contributed by atoms with Gasteiger partial charge in [-0.25, -0.2) is 8.42 Å². The van der Waals surface area contributed by atoms with Crippen LogP contribution in [0.2, 0.25) is 0 Å². The molecule has 3 fully saturated rings. The van der Waals surface area contributed by atoms with E-state index in [0.717, 1.165) is 38.3 Å². The molecule has 2 heterocycles. The minimum absolute atomic E-state index is 0. The number of nitrogens with zero attached hydrogens (tertiary/aromatic N) is 2. The third kappa shape index (κ3) is 7.14. The van der Waals surface area contributed by atoms with Crippen LogP contribution >= 0.6 is 24.0 Å². The highest BCUT2D eigenvalue weighted by Gasteiger charge is 2.31.